The van der Waals surface area contributed by atoms with E-state index in [1.54, 1.807) is 0 Å². The van der Waals surface area contributed by atoms with Gasteiger partial charge in [-0.1, -0.05) is 18.2 Å². The Labute approximate surface area is 103 Å². The Hall–Kier alpha value is -1.63. The van der Waals surface area contributed by atoms with Gasteiger partial charge in [-0.3, -0.25) is 4.98 Å². The molecule has 0 spiro atoms. The van der Waals surface area contributed by atoms with Crippen molar-refractivity contribution >= 4 is 0 Å². The third kappa shape index (κ3) is 1.42. The molecule has 0 unspecified atom stereocenters. The van der Waals surface area contributed by atoms with Crippen molar-refractivity contribution in [2.75, 3.05) is 0 Å². The molecule has 0 bridgehead atoms. The van der Waals surface area contributed by atoms with Gasteiger partial charge >= 0.3 is 0 Å². The second-order valence-electron chi connectivity index (χ2n) is 5.13. The summed E-state index contributed by atoms with van der Waals surface area (Å²) >= 11 is 0. The van der Waals surface area contributed by atoms with Crippen LogP contribution in [0.5, 0.6) is 0 Å². The fraction of sp³-hybridized carbons (Fsp3) is 0.312. The molecule has 0 saturated heterocycles. The zero-order chi connectivity index (χ0) is 12.2. The Balaban J connectivity index is 2.34. The van der Waals surface area contributed by atoms with E-state index in [9.17, 15) is 0 Å². The molecule has 0 radical (unpaired) electrons. The first-order valence-electron chi connectivity index (χ1n) is 6.14. The van der Waals surface area contributed by atoms with Gasteiger partial charge in [-0.25, -0.2) is 0 Å². The van der Waals surface area contributed by atoms with Crippen LogP contribution in [0.2, 0.25) is 0 Å². The van der Waals surface area contributed by atoms with Crippen LogP contribution in [0, 0.1) is 27.7 Å². The molecule has 1 heteroatoms. The van der Waals surface area contributed by atoms with E-state index in [1.807, 2.05) is 0 Å². The summed E-state index contributed by atoms with van der Waals surface area (Å²) in [6, 6.07) is 6.73. The van der Waals surface area contributed by atoms with Crippen molar-refractivity contribution in [2.24, 2.45) is 0 Å². The van der Waals surface area contributed by atoms with Crippen LogP contribution in [0.4, 0.5) is 0 Å². The van der Waals surface area contributed by atoms with Crippen molar-refractivity contribution in [1.29, 1.82) is 0 Å². The molecule has 3 rings (SSSR count). The summed E-state index contributed by atoms with van der Waals surface area (Å²) in [5.74, 6) is 0. The lowest BCUT2D eigenvalue weighted by Gasteiger charge is -2.08. The van der Waals surface area contributed by atoms with Crippen molar-refractivity contribution in [3.05, 3.63) is 51.7 Å². The molecule has 86 valence electrons. The fourth-order valence-corrected chi connectivity index (χ4v) is 2.73. The Morgan fingerprint density at radius 1 is 0.941 bits per heavy atom. The normalized spacial score (nSPS) is 12.5. The number of rotatable bonds is 0. The predicted molar refractivity (Wildman–Crippen MR) is 71.4 cm³/mol. The standard InChI is InChI=1S/C16H17N/c1-9-5-6-10(2)15-14(9)8-13-7-11(3)12(4)17-16(13)15/h5-7H,8H2,1-4H3. The monoisotopic (exact) mass is 223 g/mol. The van der Waals surface area contributed by atoms with Gasteiger partial charge in [0.05, 0.1) is 5.69 Å². The van der Waals surface area contributed by atoms with Crippen LogP contribution in [0.3, 0.4) is 0 Å². The van der Waals surface area contributed by atoms with Gasteiger partial charge < -0.3 is 0 Å². The second kappa shape index (κ2) is 3.43. The number of nitrogens with zero attached hydrogens (tertiary/aromatic N) is 1. The summed E-state index contributed by atoms with van der Waals surface area (Å²) in [6.07, 6.45) is 1.05. The Morgan fingerprint density at radius 3 is 2.41 bits per heavy atom. The van der Waals surface area contributed by atoms with E-state index in [4.69, 9.17) is 4.98 Å². The molecule has 0 amide bonds. The molecule has 0 saturated carbocycles. The molecule has 2 aromatic rings. The highest BCUT2D eigenvalue weighted by molar-refractivity contribution is 5.78. The van der Waals surface area contributed by atoms with Crippen LogP contribution >= 0.6 is 0 Å². The van der Waals surface area contributed by atoms with Crippen LogP contribution in [-0.4, -0.2) is 4.98 Å². The highest BCUT2D eigenvalue weighted by Crippen LogP contribution is 2.39. The minimum Gasteiger partial charge on any atom is -0.253 e. The lowest BCUT2D eigenvalue weighted by atomic mass is 9.99. The smallest absolute Gasteiger partial charge is 0.0746 e. The third-order valence-electron chi connectivity index (χ3n) is 3.90. The van der Waals surface area contributed by atoms with Crippen molar-refractivity contribution in [3.8, 4) is 11.3 Å². The predicted octanol–water partition coefficient (Wildman–Crippen LogP) is 3.89. The largest absolute Gasteiger partial charge is 0.253 e. The molecule has 1 nitrogen and oxygen atoms in total. The maximum absolute atomic E-state index is 4.80. The van der Waals surface area contributed by atoms with Gasteiger partial charge in [0.2, 0.25) is 0 Å². The number of benzene rings is 1. The minimum absolute atomic E-state index is 1.05. The highest BCUT2D eigenvalue weighted by atomic mass is 14.7. The lowest BCUT2D eigenvalue weighted by Crippen LogP contribution is -1.93. The summed E-state index contributed by atoms with van der Waals surface area (Å²) in [5.41, 5.74) is 10.6. The second-order valence-corrected chi connectivity index (χ2v) is 5.13. The van der Waals surface area contributed by atoms with Gasteiger partial charge in [-0.2, -0.15) is 0 Å². The molecule has 0 N–H and O–H groups in total. The minimum atomic E-state index is 1.05. The fourth-order valence-electron chi connectivity index (χ4n) is 2.73. The first kappa shape index (κ1) is 10.5. The van der Waals surface area contributed by atoms with E-state index in [1.165, 1.54) is 39.1 Å². The van der Waals surface area contributed by atoms with Crippen LogP contribution in [0.25, 0.3) is 11.3 Å². The topological polar surface area (TPSA) is 12.9 Å². The quantitative estimate of drug-likeness (QED) is 0.563. The first-order valence-corrected chi connectivity index (χ1v) is 6.14. The number of fused-ring (bicyclic) bond motifs is 3. The van der Waals surface area contributed by atoms with E-state index < -0.39 is 0 Å². The Morgan fingerprint density at radius 2 is 1.65 bits per heavy atom. The average Bonchev–Trinajstić information content (AvgIpc) is 2.64. The zero-order valence-electron chi connectivity index (χ0n) is 10.9. The van der Waals surface area contributed by atoms with Gasteiger partial charge in [0, 0.05) is 17.7 Å². The summed E-state index contributed by atoms with van der Waals surface area (Å²) in [5, 5.41) is 0. The Bertz CT molecular complexity index is 624. The molecule has 1 aliphatic carbocycles. The number of aromatic nitrogens is 1. The number of hydrogen-bond acceptors (Lipinski definition) is 1. The zero-order valence-corrected chi connectivity index (χ0v) is 10.9. The van der Waals surface area contributed by atoms with Crippen molar-refractivity contribution in [1.82, 2.24) is 4.98 Å². The molecular weight excluding hydrogens is 206 g/mol. The van der Waals surface area contributed by atoms with Gasteiger partial charge in [0.15, 0.2) is 0 Å². The molecule has 0 atom stereocenters. The van der Waals surface area contributed by atoms with Gasteiger partial charge in [0.1, 0.15) is 0 Å². The van der Waals surface area contributed by atoms with Crippen molar-refractivity contribution < 1.29 is 0 Å². The Kier molecular flexibility index (Phi) is 2.12. The van der Waals surface area contributed by atoms with Crippen molar-refractivity contribution in [3.63, 3.8) is 0 Å². The molecule has 1 aliphatic rings. The van der Waals surface area contributed by atoms with E-state index in [0.29, 0.717) is 0 Å². The van der Waals surface area contributed by atoms with Crippen LogP contribution in [0.1, 0.15) is 33.5 Å². The molecule has 1 aromatic heterocycles. The highest BCUT2D eigenvalue weighted by Gasteiger charge is 2.23. The maximum atomic E-state index is 4.80. The molecule has 1 aromatic carbocycles. The number of aryl methyl sites for hydroxylation is 4. The number of hydrogen-bond donors (Lipinski definition) is 0. The molecular formula is C16H17N. The average molecular weight is 223 g/mol. The third-order valence-corrected chi connectivity index (χ3v) is 3.90. The lowest BCUT2D eigenvalue weighted by molar-refractivity contribution is 1.12. The first-order chi connectivity index (χ1) is 8.08. The van der Waals surface area contributed by atoms with Crippen molar-refractivity contribution in [2.45, 2.75) is 34.1 Å². The molecule has 0 fully saturated rings. The van der Waals surface area contributed by atoms with E-state index >= 15 is 0 Å². The van der Waals surface area contributed by atoms with E-state index in [2.05, 4.69) is 45.9 Å². The van der Waals surface area contributed by atoms with Gasteiger partial charge in [0.25, 0.3) is 0 Å². The summed E-state index contributed by atoms with van der Waals surface area (Å²) < 4.78 is 0. The summed E-state index contributed by atoms with van der Waals surface area (Å²) in [7, 11) is 0. The van der Waals surface area contributed by atoms with Crippen LogP contribution in [-0.2, 0) is 6.42 Å². The van der Waals surface area contributed by atoms with Gasteiger partial charge in [-0.05, 0) is 55.5 Å². The maximum Gasteiger partial charge on any atom is 0.0746 e. The van der Waals surface area contributed by atoms with Gasteiger partial charge in [-0.15, -0.1) is 0 Å². The molecule has 17 heavy (non-hydrogen) atoms. The number of pyridine rings is 1. The van der Waals surface area contributed by atoms with E-state index in [0.717, 1.165) is 12.1 Å². The SMILES string of the molecule is Cc1cc2c(nc1C)-c1c(C)ccc(C)c1C2. The molecule has 0 aliphatic heterocycles. The van der Waals surface area contributed by atoms with Crippen LogP contribution in [0.15, 0.2) is 18.2 Å². The summed E-state index contributed by atoms with van der Waals surface area (Å²) in [6.45, 7) is 8.62. The summed E-state index contributed by atoms with van der Waals surface area (Å²) in [4.78, 5) is 4.80. The van der Waals surface area contributed by atoms with E-state index in [-0.39, 0.29) is 0 Å². The van der Waals surface area contributed by atoms with Crippen LogP contribution < -0.4 is 0 Å². The molecule has 1 heterocycles.